The molecule has 1 N–H and O–H groups in total. The third-order valence-electron chi connectivity index (χ3n) is 3.20. The predicted molar refractivity (Wildman–Crippen MR) is 38.6 cm³/mol. The van der Waals surface area contributed by atoms with Crippen molar-refractivity contribution in [2.75, 3.05) is 0 Å². The van der Waals surface area contributed by atoms with E-state index in [-0.39, 0.29) is 6.42 Å². The molecule has 1 rings (SSSR count). The minimum absolute atomic E-state index is 0.261. The lowest BCUT2D eigenvalue weighted by molar-refractivity contribution is -0.252. The van der Waals surface area contributed by atoms with Crippen molar-refractivity contribution in [2.45, 2.75) is 39.0 Å². The fraction of sp³-hybridized carbons (Fsp3) is 1.00. The first-order chi connectivity index (χ1) is 5.30. The van der Waals surface area contributed by atoms with Gasteiger partial charge in [0.05, 0.1) is 11.5 Å². The van der Waals surface area contributed by atoms with Gasteiger partial charge in [0.15, 0.2) is 0 Å². The topological polar surface area (TPSA) is 20.2 Å². The maximum absolute atomic E-state index is 12.5. The molecule has 0 aromatic heterocycles. The Balaban J connectivity index is 2.94. The Bertz CT molecular complexity index is 166. The lowest BCUT2D eigenvalue weighted by Gasteiger charge is -2.34. The smallest absolute Gasteiger partial charge is 0.392 e. The van der Waals surface area contributed by atoms with Crippen molar-refractivity contribution in [3.05, 3.63) is 0 Å². The first-order valence-electron chi connectivity index (χ1n) is 4.05. The summed E-state index contributed by atoms with van der Waals surface area (Å²) in [5.41, 5.74) is -1.90. The van der Waals surface area contributed by atoms with Crippen molar-refractivity contribution >= 4 is 0 Å². The molecule has 1 aliphatic carbocycles. The Morgan fingerprint density at radius 1 is 1.33 bits per heavy atom. The summed E-state index contributed by atoms with van der Waals surface area (Å²) < 4.78 is 37.5. The summed E-state index contributed by atoms with van der Waals surface area (Å²) in [7, 11) is 0. The number of alkyl halides is 3. The van der Waals surface area contributed by atoms with E-state index in [4.69, 9.17) is 0 Å². The second kappa shape index (κ2) is 2.62. The number of aliphatic hydroxyl groups excluding tert-OH is 1. The van der Waals surface area contributed by atoms with Crippen molar-refractivity contribution in [1.82, 2.24) is 0 Å². The van der Waals surface area contributed by atoms with Gasteiger partial charge in [0.1, 0.15) is 0 Å². The molecule has 0 saturated heterocycles. The van der Waals surface area contributed by atoms with Crippen LogP contribution in [0.25, 0.3) is 0 Å². The first-order valence-corrected chi connectivity index (χ1v) is 4.05. The minimum Gasteiger partial charge on any atom is -0.392 e. The summed E-state index contributed by atoms with van der Waals surface area (Å²) in [5, 5.41) is 9.23. The Morgan fingerprint density at radius 2 is 1.83 bits per heavy atom. The standard InChI is InChI=1S/C8H13F3O/c1-5-3-4-6(12)7(5,2)8(9,10)11/h5-6,12H,3-4H2,1-2H3. The fourth-order valence-electron chi connectivity index (χ4n) is 1.80. The van der Waals surface area contributed by atoms with Crippen LogP contribution < -0.4 is 0 Å². The number of rotatable bonds is 0. The van der Waals surface area contributed by atoms with E-state index in [1.807, 2.05) is 0 Å². The predicted octanol–water partition coefficient (Wildman–Crippen LogP) is 2.35. The molecule has 3 atom stereocenters. The fourth-order valence-corrected chi connectivity index (χ4v) is 1.80. The summed E-state index contributed by atoms with van der Waals surface area (Å²) in [6.07, 6.45) is -4.80. The molecule has 1 saturated carbocycles. The highest BCUT2D eigenvalue weighted by Gasteiger charge is 2.61. The maximum Gasteiger partial charge on any atom is 0.396 e. The van der Waals surface area contributed by atoms with E-state index in [9.17, 15) is 18.3 Å². The van der Waals surface area contributed by atoms with Gasteiger partial charge in [-0.3, -0.25) is 0 Å². The van der Waals surface area contributed by atoms with E-state index in [2.05, 4.69) is 0 Å². The summed E-state index contributed by atoms with van der Waals surface area (Å²) in [6.45, 7) is 2.65. The van der Waals surface area contributed by atoms with Crippen molar-refractivity contribution in [3.63, 3.8) is 0 Å². The lowest BCUT2D eigenvalue weighted by Crippen LogP contribution is -2.45. The van der Waals surface area contributed by atoms with Gasteiger partial charge in [-0.25, -0.2) is 0 Å². The van der Waals surface area contributed by atoms with Crippen LogP contribution in [-0.4, -0.2) is 17.4 Å². The van der Waals surface area contributed by atoms with Crippen LogP contribution in [0.5, 0.6) is 0 Å². The molecule has 4 heteroatoms. The van der Waals surface area contributed by atoms with Crippen LogP contribution in [0.4, 0.5) is 13.2 Å². The van der Waals surface area contributed by atoms with E-state index in [1.165, 1.54) is 0 Å². The average molecular weight is 182 g/mol. The summed E-state index contributed by atoms with van der Waals surface area (Å²) >= 11 is 0. The van der Waals surface area contributed by atoms with Crippen molar-refractivity contribution < 1.29 is 18.3 Å². The Kier molecular flexibility index (Phi) is 2.15. The Hall–Kier alpha value is -0.250. The van der Waals surface area contributed by atoms with E-state index in [0.717, 1.165) is 6.92 Å². The van der Waals surface area contributed by atoms with E-state index < -0.39 is 23.6 Å². The van der Waals surface area contributed by atoms with Crippen LogP contribution in [0.2, 0.25) is 0 Å². The van der Waals surface area contributed by atoms with Crippen LogP contribution >= 0.6 is 0 Å². The van der Waals surface area contributed by atoms with Gasteiger partial charge in [-0.1, -0.05) is 6.92 Å². The number of aliphatic hydroxyl groups is 1. The van der Waals surface area contributed by atoms with Crippen LogP contribution in [-0.2, 0) is 0 Å². The van der Waals surface area contributed by atoms with Gasteiger partial charge in [-0.05, 0) is 25.7 Å². The highest BCUT2D eigenvalue weighted by atomic mass is 19.4. The molecule has 0 heterocycles. The van der Waals surface area contributed by atoms with Gasteiger partial charge in [0.2, 0.25) is 0 Å². The molecule has 0 bridgehead atoms. The second-order valence-electron chi connectivity index (χ2n) is 3.77. The molecule has 0 aliphatic heterocycles. The highest BCUT2D eigenvalue weighted by molar-refractivity contribution is 4.98. The van der Waals surface area contributed by atoms with Gasteiger partial charge in [0.25, 0.3) is 0 Å². The molecule has 0 radical (unpaired) electrons. The van der Waals surface area contributed by atoms with Gasteiger partial charge in [-0.2, -0.15) is 13.2 Å². The molecular weight excluding hydrogens is 169 g/mol. The molecule has 0 aromatic rings. The molecule has 1 fully saturated rings. The first kappa shape index (κ1) is 9.84. The third-order valence-corrected chi connectivity index (χ3v) is 3.20. The molecular formula is C8H13F3O. The molecule has 0 spiro atoms. The Morgan fingerprint density at radius 3 is 2.00 bits per heavy atom. The van der Waals surface area contributed by atoms with Gasteiger partial charge < -0.3 is 5.11 Å². The van der Waals surface area contributed by atoms with Crippen molar-refractivity contribution in [1.29, 1.82) is 0 Å². The molecule has 72 valence electrons. The Labute approximate surface area is 69.6 Å². The highest BCUT2D eigenvalue weighted by Crippen LogP contribution is 2.53. The number of hydrogen-bond acceptors (Lipinski definition) is 1. The summed E-state index contributed by atoms with van der Waals surface area (Å²) in [5.74, 6) is -0.479. The third kappa shape index (κ3) is 1.13. The molecule has 0 aromatic carbocycles. The van der Waals surface area contributed by atoms with Crippen LogP contribution in [0.3, 0.4) is 0 Å². The van der Waals surface area contributed by atoms with Crippen LogP contribution in [0.1, 0.15) is 26.7 Å². The van der Waals surface area contributed by atoms with Gasteiger partial charge >= 0.3 is 6.18 Å². The number of hydrogen-bond donors (Lipinski definition) is 1. The molecule has 1 aliphatic rings. The largest absolute Gasteiger partial charge is 0.396 e. The number of halogens is 3. The van der Waals surface area contributed by atoms with Gasteiger partial charge in [-0.15, -0.1) is 0 Å². The minimum atomic E-state index is -4.29. The van der Waals surface area contributed by atoms with Crippen LogP contribution in [0.15, 0.2) is 0 Å². The zero-order valence-corrected chi connectivity index (χ0v) is 7.15. The van der Waals surface area contributed by atoms with E-state index in [0.29, 0.717) is 6.42 Å². The second-order valence-corrected chi connectivity index (χ2v) is 3.77. The molecule has 1 nitrogen and oxygen atoms in total. The van der Waals surface area contributed by atoms with Crippen molar-refractivity contribution in [3.8, 4) is 0 Å². The summed E-state index contributed by atoms with van der Waals surface area (Å²) in [4.78, 5) is 0. The van der Waals surface area contributed by atoms with Gasteiger partial charge in [0, 0.05) is 0 Å². The molecule has 0 amide bonds. The normalized spacial score (nSPS) is 43.5. The monoisotopic (exact) mass is 182 g/mol. The average Bonchev–Trinajstić information content (AvgIpc) is 2.16. The lowest BCUT2D eigenvalue weighted by atomic mass is 9.78. The summed E-state index contributed by atoms with van der Waals surface area (Å²) in [6, 6.07) is 0. The molecule has 12 heavy (non-hydrogen) atoms. The quantitative estimate of drug-likeness (QED) is 0.609. The van der Waals surface area contributed by atoms with E-state index >= 15 is 0 Å². The van der Waals surface area contributed by atoms with Crippen molar-refractivity contribution in [2.24, 2.45) is 11.3 Å². The zero-order chi connectivity index (χ0) is 9.57. The van der Waals surface area contributed by atoms with Crippen LogP contribution in [0, 0.1) is 11.3 Å². The van der Waals surface area contributed by atoms with E-state index in [1.54, 1.807) is 6.92 Å². The maximum atomic E-state index is 12.5. The zero-order valence-electron chi connectivity index (χ0n) is 7.15. The SMILES string of the molecule is CC1CCC(O)C1(C)C(F)(F)F. The molecule has 3 unspecified atom stereocenters.